The highest BCUT2D eigenvalue weighted by atomic mass is 28.3. The van der Waals surface area contributed by atoms with Crippen LogP contribution in [0.3, 0.4) is 0 Å². The fourth-order valence-corrected chi connectivity index (χ4v) is 9.15. The van der Waals surface area contributed by atoms with Crippen LogP contribution in [0.1, 0.15) is 26.2 Å². The second-order valence-electron chi connectivity index (χ2n) is 13.8. The van der Waals surface area contributed by atoms with E-state index in [9.17, 15) is 176 Å². The molecule has 0 aromatic rings. The summed E-state index contributed by atoms with van der Waals surface area (Å²) in [6.45, 7) is -0.735. The summed E-state index contributed by atoms with van der Waals surface area (Å²) >= 11 is 0. The smallest absolute Gasteiger partial charge is 0.306 e. The maximum Gasteiger partial charge on any atom is 0.460 e. The predicted molar refractivity (Wildman–Crippen MR) is 137 cm³/mol. The molecule has 0 radical (unpaired) electrons. The van der Waals surface area contributed by atoms with Gasteiger partial charge in [-0.1, -0.05) is 0 Å². The van der Waals surface area contributed by atoms with Gasteiger partial charge in [-0.3, -0.25) is 0 Å². The van der Waals surface area contributed by atoms with Crippen LogP contribution in [-0.2, 0) is 4.79 Å². The van der Waals surface area contributed by atoms with E-state index in [0.717, 1.165) is 0 Å². The number of alkyl halides is 39. The normalized spacial score (nSPS) is 16.8. The van der Waals surface area contributed by atoms with Crippen LogP contribution in [0.25, 0.3) is 0 Å². The third-order valence-corrected chi connectivity index (χ3v) is 14.6. The Hall–Kier alpha value is -2.84. The van der Waals surface area contributed by atoms with Crippen molar-refractivity contribution in [3.8, 4) is 0 Å². The van der Waals surface area contributed by atoms with Crippen LogP contribution in [-0.4, -0.2) is 121 Å². The number of carbonyl (C=O) groups is 1. The van der Waals surface area contributed by atoms with E-state index in [-0.39, 0.29) is 0 Å². The Bertz CT molecular complexity index is 1550. The summed E-state index contributed by atoms with van der Waals surface area (Å²) < 4.78 is 529. The van der Waals surface area contributed by atoms with Gasteiger partial charge in [-0.25, -0.2) is 0 Å². The van der Waals surface area contributed by atoms with Gasteiger partial charge < -0.3 is 4.79 Å². The molecule has 0 unspecified atom stereocenters. The lowest BCUT2D eigenvalue weighted by atomic mass is 9.93. The number of rotatable bonds is 22. The van der Waals surface area contributed by atoms with Crippen LogP contribution in [0.5, 0.6) is 0 Å². The molecule has 0 atom stereocenters. The van der Waals surface area contributed by atoms with Crippen molar-refractivity contribution >= 4 is 13.5 Å². The van der Waals surface area contributed by atoms with Gasteiger partial charge in [0.1, 0.15) is 13.5 Å². The lowest BCUT2D eigenvalue weighted by molar-refractivity contribution is -0.440. The maximum atomic E-state index is 14.6. The van der Waals surface area contributed by atoms with Crippen molar-refractivity contribution in [2.75, 3.05) is 0 Å². The van der Waals surface area contributed by atoms with Gasteiger partial charge in [-0.15, -0.1) is 0 Å². The van der Waals surface area contributed by atoms with Gasteiger partial charge in [-0.05, 0) is 25.1 Å². The molecule has 0 amide bonds. The van der Waals surface area contributed by atoms with E-state index < -0.39 is 165 Å². The third kappa shape index (κ3) is 9.33. The van der Waals surface area contributed by atoms with E-state index >= 15 is 0 Å². The summed E-state index contributed by atoms with van der Waals surface area (Å²) in [5, 5.41) is -3.01. The Morgan fingerprint density at radius 2 is 0.388 bits per heavy atom. The molecule has 0 saturated carbocycles. The summed E-state index contributed by atoms with van der Waals surface area (Å²) in [5.74, 6) is -128. The second kappa shape index (κ2) is 16.9. The van der Waals surface area contributed by atoms with Crippen molar-refractivity contribution in [3.05, 3.63) is 0 Å². The first-order valence-corrected chi connectivity index (χ1v) is 18.3. The van der Waals surface area contributed by atoms with Crippen molar-refractivity contribution < 1.29 is 176 Å². The first kappa shape index (κ1) is 64.2. The Balaban J connectivity index is 8.04. The van der Waals surface area contributed by atoms with Gasteiger partial charge in [0.2, 0.25) is 0 Å². The third-order valence-electron chi connectivity index (χ3n) is 9.49. The monoisotopic (exact) mass is 1110 g/mol. The van der Waals surface area contributed by atoms with Crippen LogP contribution < -0.4 is 0 Å². The highest BCUT2D eigenvalue weighted by Crippen LogP contribution is 2.65. The van der Waals surface area contributed by atoms with Gasteiger partial charge >= 0.3 is 107 Å². The molecule has 0 bridgehead atoms. The Morgan fingerprint density at radius 1 is 0.254 bits per heavy atom. The Kier molecular flexibility index (Phi) is 16.2. The molecule has 1 nitrogen and oxygen atoms in total. The van der Waals surface area contributed by atoms with Gasteiger partial charge in [0, 0.05) is 19.3 Å². The van der Waals surface area contributed by atoms with Crippen LogP contribution in [0, 0.1) is 0 Å². The molecular formula is C26H15F39OSi. The molecule has 67 heavy (non-hydrogen) atoms. The fourth-order valence-electron chi connectivity index (χ4n) is 4.97. The van der Waals surface area contributed by atoms with Crippen molar-refractivity contribution in [2.24, 2.45) is 0 Å². The second-order valence-corrected chi connectivity index (χ2v) is 18.6. The number of halogens is 39. The van der Waals surface area contributed by atoms with Crippen LogP contribution in [0.15, 0.2) is 0 Å². The molecule has 0 aliphatic carbocycles. The van der Waals surface area contributed by atoms with Crippen molar-refractivity contribution in [2.45, 2.75) is 152 Å². The molecule has 0 aliphatic rings. The van der Waals surface area contributed by atoms with E-state index in [0.29, 0.717) is 0 Å². The number of hydrogen-bond donors (Lipinski definition) is 0. The molecule has 0 heterocycles. The topological polar surface area (TPSA) is 17.1 Å². The Morgan fingerprint density at radius 3 is 0.507 bits per heavy atom. The molecule has 41 heteroatoms. The molecular weight excluding hydrogens is 1100 g/mol. The van der Waals surface area contributed by atoms with Crippen LogP contribution in [0.2, 0.25) is 18.1 Å². The maximum absolute atomic E-state index is 14.6. The lowest BCUT2D eigenvalue weighted by Crippen LogP contribution is -2.70. The quantitative estimate of drug-likeness (QED) is 0.0780. The summed E-state index contributed by atoms with van der Waals surface area (Å²) in [6, 6.07) is -10.6. The van der Waals surface area contributed by atoms with E-state index in [4.69, 9.17) is 0 Å². The zero-order valence-electron chi connectivity index (χ0n) is 30.4. The first-order valence-electron chi connectivity index (χ1n) is 15.7. The average Bonchev–Trinajstić information content (AvgIpc) is 3.08. The predicted octanol–water partition coefficient (Wildman–Crippen LogP) is 15.0. The van der Waals surface area contributed by atoms with Gasteiger partial charge in [0.05, 0.1) is 0 Å². The van der Waals surface area contributed by atoms with Crippen molar-refractivity contribution in [1.82, 2.24) is 0 Å². The van der Waals surface area contributed by atoms with Crippen molar-refractivity contribution in [3.63, 3.8) is 0 Å². The zero-order chi connectivity index (χ0) is 55.3. The first-order chi connectivity index (χ1) is 28.3. The van der Waals surface area contributed by atoms with E-state index in [2.05, 4.69) is 0 Å². The molecule has 0 N–H and O–H groups in total. The standard InChI is InChI=1S/C26H15F39OSi/c1-8(66)67(5-2-9(27,28)12(33,34)15(39,40)18(45,46)21(51,52)24(57,58)59,6-3-10(29,30)13(35,36)16(41,42)19(47,48)22(53,54)25(60,61)62)7-4-11(31,32)14(37,38)17(43,44)20(49,50)23(55,56)26(63,64)65/h2-7H2,1H3. The molecule has 0 fully saturated rings. The minimum Gasteiger partial charge on any atom is -0.306 e. The van der Waals surface area contributed by atoms with Gasteiger partial charge in [0.25, 0.3) is 0 Å². The number of carbonyl (C=O) groups excluding carboxylic acids is 1. The molecule has 0 saturated heterocycles. The summed E-state index contributed by atoms with van der Waals surface area (Å²) in [4.78, 5) is 12.4. The molecule has 402 valence electrons. The van der Waals surface area contributed by atoms with Crippen LogP contribution >= 0.6 is 0 Å². The van der Waals surface area contributed by atoms with Gasteiger partial charge in [-0.2, -0.15) is 171 Å². The zero-order valence-corrected chi connectivity index (χ0v) is 31.4. The molecule has 0 rings (SSSR count). The molecule has 0 aromatic carbocycles. The lowest BCUT2D eigenvalue weighted by Gasteiger charge is -2.42. The van der Waals surface area contributed by atoms with Gasteiger partial charge in [0.15, 0.2) is 0 Å². The van der Waals surface area contributed by atoms with E-state index in [1.807, 2.05) is 0 Å². The summed E-state index contributed by atoms with van der Waals surface area (Å²) in [7, 11) is -7.31. The molecule has 0 spiro atoms. The highest BCUT2D eigenvalue weighted by molar-refractivity contribution is 7.05. The number of hydrogen-bond acceptors (Lipinski definition) is 1. The van der Waals surface area contributed by atoms with E-state index in [1.54, 1.807) is 0 Å². The highest BCUT2D eigenvalue weighted by Gasteiger charge is 2.93. The Labute approximate surface area is 342 Å². The minimum atomic E-state index is -8.92. The fraction of sp³-hybridized carbons (Fsp3) is 0.962. The molecule has 0 aliphatic heterocycles. The van der Waals surface area contributed by atoms with Crippen molar-refractivity contribution in [1.29, 1.82) is 0 Å². The largest absolute Gasteiger partial charge is 0.460 e. The van der Waals surface area contributed by atoms with Crippen LogP contribution in [0.4, 0.5) is 171 Å². The summed E-state index contributed by atoms with van der Waals surface area (Å²) in [6.07, 6.45) is -37.1. The van der Waals surface area contributed by atoms with E-state index in [1.165, 1.54) is 0 Å². The average molecular weight is 1110 g/mol. The minimum absolute atomic E-state index is 0.735. The SMILES string of the molecule is CC(=O)[Si](CCC(F)(F)C(F)(F)C(F)(F)C(F)(F)C(F)(F)C(F)(F)F)(CCC(F)(F)C(F)(F)C(F)(F)C(F)(F)C(F)(F)C(F)(F)F)CCC(F)(F)C(F)(F)C(F)(F)C(F)(F)C(F)(F)C(F)(F)F. The molecule has 0 aromatic heterocycles. The summed E-state index contributed by atoms with van der Waals surface area (Å²) in [5.41, 5.74) is 0.